The summed E-state index contributed by atoms with van der Waals surface area (Å²) in [6.07, 6.45) is 9.93. The number of amides is 2. The number of unbranched alkanes of at least 4 members (excludes halogenated alkanes) is 4. The highest BCUT2D eigenvalue weighted by Crippen LogP contribution is 2.31. The highest BCUT2D eigenvalue weighted by molar-refractivity contribution is 7.81. The Morgan fingerprint density at radius 2 is 1.56 bits per heavy atom. The summed E-state index contributed by atoms with van der Waals surface area (Å²) in [6, 6.07) is 18.4. The smallest absolute Gasteiger partial charge is 0.326 e. The predicted molar refractivity (Wildman–Crippen MR) is 212 cm³/mol. The van der Waals surface area contributed by atoms with Gasteiger partial charge in [0, 0.05) is 50.5 Å². The molecule has 0 saturated heterocycles. The number of nitrogens with zero attached hydrogens (tertiary/aromatic N) is 2. The number of aliphatic carboxylic acids is 1. The zero-order valence-electron chi connectivity index (χ0n) is 30.5. The third-order valence-corrected chi connectivity index (χ3v) is 10.9. The molecule has 0 saturated carbocycles. The second-order valence-corrected chi connectivity index (χ2v) is 15.7. The van der Waals surface area contributed by atoms with Crippen LogP contribution in [0.15, 0.2) is 73.1 Å². The van der Waals surface area contributed by atoms with Crippen molar-refractivity contribution < 1.29 is 24.2 Å². The number of carbonyl (C=O) groups is 3. The van der Waals surface area contributed by atoms with Crippen molar-refractivity contribution in [2.45, 2.75) is 96.9 Å². The van der Waals surface area contributed by atoms with Gasteiger partial charge in [-0.15, -0.1) is 11.3 Å². The van der Waals surface area contributed by atoms with Gasteiger partial charge >= 0.3 is 5.97 Å². The van der Waals surface area contributed by atoms with E-state index >= 15 is 0 Å². The summed E-state index contributed by atoms with van der Waals surface area (Å²) in [5, 5.41) is 12.4. The number of ether oxygens (including phenoxy) is 1. The molecule has 0 fully saturated rings. The molecule has 0 spiro atoms. The van der Waals surface area contributed by atoms with Crippen LogP contribution in [0, 0.1) is 5.92 Å². The van der Waals surface area contributed by atoms with Crippen LogP contribution in [0.1, 0.15) is 94.4 Å². The van der Waals surface area contributed by atoms with Crippen molar-refractivity contribution in [1.29, 1.82) is 0 Å². The van der Waals surface area contributed by atoms with Crippen molar-refractivity contribution >= 4 is 46.2 Å². The van der Waals surface area contributed by atoms with Gasteiger partial charge in [-0.2, -0.15) is 0 Å². The molecule has 9 nitrogen and oxygen atoms in total. The molecule has 0 bridgehead atoms. The third-order valence-electron chi connectivity index (χ3n) is 8.77. The molecule has 0 aliphatic heterocycles. The molecule has 0 aliphatic rings. The van der Waals surface area contributed by atoms with Gasteiger partial charge in [0.2, 0.25) is 11.8 Å². The Bertz CT molecular complexity index is 1780. The van der Waals surface area contributed by atoms with E-state index in [2.05, 4.69) is 49.0 Å². The van der Waals surface area contributed by atoms with Gasteiger partial charge < -0.3 is 20.9 Å². The van der Waals surface area contributed by atoms with Crippen LogP contribution in [0.4, 0.5) is 0 Å². The fraction of sp³-hybridized carbons (Fsp3) is 0.415. The third kappa shape index (κ3) is 12.3. The molecule has 0 unspecified atom stereocenters. The summed E-state index contributed by atoms with van der Waals surface area (Å²) in [5.41, 5.74) is 8.79. The van der Waals surface area contributed by atoms with E-state index in [0.29, 0.717) is 17.1 Å². The van der Waals surface area contributed by atoms with Crippen molar-refractivity contribution in [2.24, 2.45) is 11.7 Å². The summed E-state index contributed by atoms with van der Waals surface area (Å²) in [4.78, 5) is 48.8. The van der Waals surface area contributed by atoms with Crippen LogP contribution >= 0.6 is 23.6 Å². The summed E-state index contributed by atoms with van der Waals surface area (Å²) >= 11 is 7.42. The first-order chi connectivity index (χ1) is 24.8. The second kappa shape index (κ2) is 19.4. The first kappa shape index (κ1) is 40.3. The lowest BCUT2D eigenvalue weighted by Crippen LogP contribution is -2.45. The summed E-state index contributed by atoms with van der Waals surface area (Å²) in [6.45, 7) is 9.33. The van der Waals surface area contributed by atoms with E-state index in [9.17, 15) is 19.5 Å². The van der Waals surface area contributed by atoms with Gasteiger partial charge in [0.1, 0.15) is 11.8 Å². The maximum atomic E-state index is 13.6. The summed E-state index contributed by atoms with van der Waals surface area (Å²) in [7, 11) is 0. The lowest BCUT2D eigenvalue weighted by Gasteiger charge is -2.21. The molecule has 2 amide bonds. The van der Waals surface area contributed by atoms with Gasteiger partial charge in [-0.1, -0.05) is 102 Å². The number of primary amides is 1. The molecule has 4 aromatic rings. The molecule has 11 heteroatoms. The number of aromatic nitrogens is 2. The Balaban J connectivity index is 1.43. The summed E-state index contributed by atoms with van der Waals surface area (Å²) < 4.78 is 5.90. The number of hydrogen-bond donors (Lipinski definition) is 3. The molecular weight excluding hydrogens is 693 g/mol. The van der Waals surface area contributed by atoms with Crippen molar-refractivity contribution in [3.8, 4) is 28.3 Å². The Hall–Kier alpha value is -4.48. The number of thiocarbonyl (C=S) groups is 1. The number of hydrogen-bond acceptors (Lipinski definition) is 8. The zero-order chi connectivity index (χ0) is 37.7. The quantitative estimate of drug-likeness (QED) is 0.0466. The van der Waals surface area contributed by atoms with E-state index < -0.39 is 29.7 Å². The fourth-order valence-electron chi connectivity index (χ4n) is 5.65. The molecule has 4 N–H and O–H groups in total. The second-order valence-electron chi connectivity index (χ2n) is 14.1. The topological polar surface area (TPSA) is 144 Å². The average Bonchev–Trinajstić information content (AvgIpc) is 3.64. The van der Waals surface area contributed by atoms with Crippen molar-refractivity contribution in [3.63, 3.8) is 0 Å². The lowest BCUT2D eigenvalue weighted by molar-refractivity contribution is -0.142. The highest BCUT2D eigenvalue weighted by atomic mass is 32.1. The van der Waals surface area contributed by atoms with E-state index in [1.54, 1.807) is 23.7 Å². The van der Waals surface area contributed by atoms with Gasteiger partial charge in [-0.05, 0) is 66.5 Å². The average molecular weight is 743 g/mol. The number of nitrogens with two attached hydrogens (primary N) is 1. The van der Waals surface area contributed by atoms with Gasteiger partial charge in [-0.25, -0.2) is 14.8 Å². The van der Waals surface area contributed by atoms with Gasteiger partial charge in [-0.3, -0.25) is 9.59 Å². The maximum absolute atomic E-state index is 13.6. The minimum atomic E-state index is -1.25. The predicted octanol–water partition coefficient (Wildman–Crippen LogP) is 8.32. The Morgan fingerprint density at radius 3 is 2.15 bits per heavy atom. The highest BCUT2D eigenvalue weighted by Gasteiger charge is 2.28. The molecule has 52 heavy (non-hydrogen) atoms. The Kier molecular flexibility index (Phi) is 15.0. The van der Waals surface area contributed by atoms with Crippen LogP contribution in [-0.2, 0) is 26.2 Å². The van der Waals surface area contributed by atoms with Crippen LogP contribution in [0.25, 0.3) is 22.5 Å². The Labute approximate surface area is 316 Å². The number of carboxylic acid groups (broad SMARTS) is 1. The molecule has 2 aromatic heterocycles. The minimum Gasteiger partial charge on any atom is -0.494 e. The first-order valence-corrected chi connectivity index (χ1v) is 19.2. The standard InChI is InChI=1S/C41H50N4O5S2/c1-5-6-7-8-9-22-50-32-16-14-28(15-17-32)31-25-43-38(44-26-31)29-12-10-27(11-13-29)23-30(39(47)45-33(40(48)49)18-21-37(42)46)24-34(51)35-19-20-36(52-35)41(2,3)4/h10-17,19-20,25-26,30,33H,5-9,18,21-24H2,1-4H3,(H2,42,46)(H,45,47)(H,48,49)/t30-,33+/m1/s1. The molecule has 2 aromatic carbocycles. The molecular formula is C41H50N4O5S2. The van der Waals surface area contributed by atoms with Crippen molar-refractivity contribution in [2.75, 3.05) is 6.61 Å². The van der Waals surface area contributed by atoms with E-state index in [4.69, 9.17) is 22.7 Å². The monoisotopic (exact) mass is 742 g/mol. The molecule has 4 rings (SSSR count). The van der Waals surface area contributed by atoms with Crippen LogP contribution in [0.5, 0.6) is 5.75 Å². The van der Waals surface area contributed by atoms with Crippen LogP contribution in [-0.4, -0.2) is 50.4 Å². The minimum absolute atomic E-state index is 0.0378. The van der Waals surface area contributed by atoms with E-state index in [-0.39, 0.29) is 24.7 Å². The number of benzene rings is 2. The zero-order valence-corrected chi connectivity index (χ0v) is 32.2. The molecule has 276 valence electrons. The largest absolute Gasteiger partial charge is 0.494 e. The van der Waals surface area contributed by atoms with Crippen LogP contribution < -0.4 is 15.8 Å². The molecule has 0 radical (unpaired) electrons. The Morgan fingerprint density at radius 1 is 0.904 bits per heavy atom. The molecule has 2 atom stereocenters. The van der Waals surface area contributed by atoms with Crippen LogP contribution in [0.3, 0.4) is 0 Å². The molecule has 2 heterocycles. The lowest BCUT2D eigenvalue weighted by atomic mass is 9.92. The van der Waals surface area contributed by atoms with E-state index in [1.165, 1.54) is 30.6 Å². The van der Waals surface area contributed by atoms with Gasteiger partial charge in [0.25, 0.3) is 0 Å². The van der Waals surface area contributed by atoms with E-state index in [0.717, 1.165) is 45.9 Å². The maximum Gasteiger partial charge on any atom is 0.326 e. The number of rotatable bonds is 20. The normalized spacial score (nSPS) is 12.5. The number of thiophene rings is 1. The molecule has 0 aliphatic carbocycles. The van der Waals surface area contributed by atoms with Crippen molar-refractivity contribution in [1.82, 2.24) is 15.3 Å². The summed E-state index contributed by atoms with van der Waals surface area (Å²) in [5.74, 6) is -1.53. The first-order valence-electron chi connectivity index (χ1n) is 17.9. The fourth-order valence-corrected chi connectivity index (χ4v) is 7.05. The number of carboxylic acids is 1. The van der Waals surface area contributed by atoms with E-state index in [1.807, 2.05) is 54.6 Å². The van der Waals surface area contributed by atoms with Gasteiger partial charge in [0.15, 0.2) is 5.82 Å². The SMILES string of the molecule is CCCCCCCOc1ccc(-c2cnc(-c3ccc(C[C@H](CC(=S)c4ccc(C(C)(C)C)s4)C(=O)N[C@@H](CCC(N)=O)C(=O)O)cc3)nc2)cc1. The van der Waals surface area contributed by atoms with Gasteiger partial charge in [0.05, 0.1) is 6.61 Å². The van der Waals surface area contributed by atoms with Crippen molar-refractivity contribution in [3.05, 3.63) is 88.4 Å². The number of nitrogens with one attached hydrogen (secondary N) is 1. The van der Waals surface area contributed by atoms with Crippen LogP contribution in [0.2, 0.25) is 0 Å². The number of carbonyl (C=O) groups excluding carboxylic acids is 2.